The number of rotatable bonds is 39. The molecule has 2 aromatic rings. The lowest BCUT2D eigenvalue weighted by molar-refractivity contribution is 0.178. The van der Waals surface area contributed by atoms with Crippen LogP contribution in [0.25, 0.3) is 0 Å². The van der Waals surface area contributed by atoms with Crippen LogP contribution in [0.3, 0.4) is 0 Å². The normalized spacial score (nSPS) is 14.0. The first-order valence-electron chi connectivity index (χ1n) is 25.7. The Labute approximate surface area is 372 Å². The lowest BCUT2D eigenvalue weighted by Crippen LogP contribution is -2.17. The molecule has 2 rings (SSSR count). The summed E-state index contributed by atoms with van der Waals surface area (Å²) in [5.74, 6) is 7.24. The van der Waals surface area contributed by atoms with Crippen LogP contribution < -0.4 is 23.7 Å². The third-order valence-electron chi connectivity index (χ3n) is 12.9. The lowest BCUT2D eigenvalue weighted by atomic mass is 9.92. The Morgan fingerprint density at radius 3 is 1.08 bits per heavy atom. The highest BCUT2D eigenvalue weighted by atomic mass is 16.5. The van der Waals surface area contributed by atoms with Gasteiger partial charge in [-0.25, -0.2) is 0 Å². The number of aryl methyl sites for hydroxylation is 2. The molecule has 0 aliphatic carbocycles. The molecule has 2 aromatic carbocycles. The summed E-state index contributed by atoms with van der Waals surface area (Å²) < 4.78 is 33.2. The number of hydrogen-bond acceptors (Lipinski definition) is 5. The van der Waals surface area contributed by atoms with Crippen molar-refractivity contribution in [2.24, 2.45) is 29.6 Å². The molecule has 5 atom stereocenters. The van der Waals surface area contributed by atoms with Crippen LogP contribution in [-0.4, -0.2) is 33.0 Å². The first-order chi connectivity index (χ1) is 29.3. The predicted octanol–water partition coefficient (Wildman–Crippen LogP) is 17.0. The van der Waals surface area contributed by atoms with Crippen LogP contribution in [-0.2, 0) is 6.42 Å². The van der Waals surface area contributed by atoms with Crippen molar-refractivity contribution >= 4 is 0 Å². The second-order valence-corrected chi connectivity index (χ2v) is 18.4. The fraction of sp³-hybridized carbons (Fsp3) is 0.782. The molecule has 0 aliphatic rings. The maximum atomic E-state index is 6.83. The molecular formula is C55H96O5. The Hall–Kier alpha value is -2.56. The Balaban J connectivity index is 2.12. The number of unbranched alkanes of at least 4 members (excludes halogenated alkanes) is 6. The summed E-state index contributed by atoms with van der Waals surface area (Å²) in [6, 6.07) is 10.9. The second-order valence-electron chi connectivity index (χ2n) is 18.4. The molecule has 0 saturated heterocycles. The Morgan fingerprint density at radius 2 is 0.700 bits per heavy atom. The highest BCUT2D eigenvalue weighted by Gasteiger charge is 2.21. The van der Waals surface area contributed by atoms with Crippen molar-refractivity contribution in [2.75, 3.05) is 33.0 Å². The monoisotopic (exact) mass is 837 g/mol. The van der Waals surface area contributed by atoms with Crippen LogP contribution in [0.5, 0.6) is 28.7 Å². The van der Waals surface area contributed by atoms with Crippen LogP contribution in [0.4, 0.5) is 0 Å². The van der Waals surface area contributed by atoms with Crippen molar-refractivity contribution in [1.29, 1.82) is 0 Å². The summed E-state index contributed by atoms with van der Waals surface area (Å²) in [6.45, 7) is 26.4. The van der Waals surface area contributed by atoms with Crippen molar-refractivity contribution in [3.8, 4) is 28.7 Å². The van der Waals surface area contributed by atoms with E-state index in [0.29, 0.717) is 36.2 Å². The van der Waals surface area contributed by atoms with Crippen molar-refractivity contribution in [3.05, 3.63) is 41.5 Å². The fourth-order valence-corrected chi connectivity index (χ4v) is 8.28. The van der Waals surface area contributed by atoms with Gasteiger partial charge >= 0.3 is 0 Å². The topological polar surface area (TPSA) is 46.2 Å². The van der Waals surface area contributed by atoms with Gasteiger partial charge in [-0.05, 0) is 123 Å². The maximum Gasteiger partial charge on any atom is 0.203 e. The van der Waals surface area contributed by atoms with Gasteiger partial charge in [0.25, 0.3) is 0 Å². The first-order valence-corrected chi connectivity index (χ1v) is 25.7. The summed E-state index contributed by atoms with van der Waals surface area (Å²) >= 11 is 0. The molecule has 0 radical (unpaired) electrons. The molecule has 5 unspecified atom stereocenters. The summed E-state index contributed by atoms with van der Waals surface area (Å²) in [7, 11) is 0. The van der Waals surface area contributed by atoms with E-state index in [1.54, 1.807) is 0 Å². The Kier molecular flexibility index (Phi) is 30.4. The average molecular weight is 837 g/mol. The highest BCUT2D eigenvalue weighted by molar-refractivity contribution is 5.53. The molecule has 0 spiro atoms. The first kappa shape index (κ1) is 53.6. The van der Waals surface area contributed by atoms with E-state index in [1.165, 1.54) is 134 Å². The van der Waals surface area contributed by atoms with E-state index in [1.807, 2.05) is 0 Å². The van der Waals surface area contributed by atoms with E-state index in [0.717, 1.165) is 80.0 Å². The standard InChI is InChI=1S/C55H96O5/c1-11-20-27-45(16-6)39-56-51-36-48(19-9)37-52(38-51)57-42-49(30-23-14-4)32-25-26-33-50(31-24-15-5)43-59-54-35-44(10)34-53(58-40-46(17-7)28-21-12-2)55(54)60-41-47(18-8)29-22-13-3/h34-38,45-47,49-50H,11-33,39-43H2,1-10H3. The zero-order valence-corrected chi connectivity index (χ0v) is 41.1. The molecule has 0 amide bonds. The molecule has 0 aromatic heterocycles. The molecule has 0 heterocycles. The third kappa shape index (κ3) is 22.5. The third-order valence-corrected chi connectivity index (χ3v) is 12.9. The molecule has 5 nitrogen and oxygen atoms in total. The van der Waals surface area contributed by atoms with E-state index >= 15 is 0 Å². The number of hydrogen-bond donors (Lipinski definition) is 0. The number of ether oxygens (including phenoxy) is 5. The Morgan fingerprint density at radius 1 is 0.367 bits per heavy atom. The van der Waals surface area contributed by atoms with Gasteiger partial charge in [0, 0.05) is 6.07 Å². The fourth-order valence-electron chi connectivity index (χ4n) is 8.28. The highest BCUT2D eigenvalue weighted by Crippen LogP contribution is 2.41. The zero-order valence-electron chi connectivity index (χ0n) is 41.1. The van der Waals surface area contributed by atoms with Crippen molar-refractivity contribution in [3.63, 3.8) is 0 Å². The molecule has 5 heteroatoms. The molecule has 0 bridgehead atoms. The minimum absolute atomic E-state index is 0.518. The molecule has 346 valence electrons. The number of benzene rings is 2. The lowest BCUT2D eigenvalue weighted by Gasteiger charge is -2.24. The summed E-state index contributed by atoms with van der Waals surface area (Å²) in [5.41, 5.74) is 2.45. The smallest absolute Gasteiger partial charge is 0.203 e. The van der Waals surface area contributed by atoms with Gasteiger partial charge in [-0.2, -0.15) is 0 Å². The quantitative estimate of drug-likeness (QED) is 0.0628. The zero-order chi connectivity index (χ0) is 43.8. The second kappa shape index (κ2) is 34.0. The minimum atomic E-state index is 0.518. The molecule has 0 aliphatic heterocycles. The van der Waals surface area contributed by atoms with E-state index in [9.17, 15) is 0 Å². The summed E-state index contributed by atoms with van der Waals surface area (Å²) in [5, 5.41) is 0. The van der Waals surface area contributed by atoms with Crippen LogP contribution >= 0.6 is 0 Å². The SMILES string of the molecule is CCCCC(CC)COc1cc(CC)cc(OCC(CCCC)CCCCC(CCCC)COc2cc(C)cc(OCC(CC)CCCC)c2OCC(CC)CCCC)c1. The maximum absolute atomic E-state index is 6.83. The van der Waals surface area contributed by atoms with E-state index in [2.05, 4.69) is 99.6 Å². The van der Waals surface area contributed by atoms with Gasteiger partial charge in [0.1, 0.15) is 11.5 Å². The molecule has 60 heavy (non-hydrogen) atoms. The van der Waals surface area contributed by atoms with Gasteiger partial charge in [0.15, 0.2) is 11.5 Å². The van der Waals surface area contributed by atoms with Crippen molar-refractivity contribution in [2.45, 2.75) is 217 Å². The van der Waals surface area contributed by atoms with Gasteiger partial charge < -0.3 is 23.7 Å². The van der Waals surface area contributed by atoms with Gasteiger partial charge in [0.05, 0.1) is 33.0 Å². The van der Waals surface area contributed by atoms with Crippen LogP contribution in [0, 0.1) is 36.5 Å². The van der Waals surface area contributed by atoms with Gasteiger partial charge in [-0.15, -0.1) is 0 Å². The predicted molar refractivity (Wildman–Crippen MR) is 259 cm³/mol. The van der Waals surface area contributed by atoms with E-state index in [-0.39, 0.29) is 0 Å². The van der Waals surface area contributed by atoms with Crippen LogP contribution in [0.1, 0.15) is 215 Å². The molecular weight excluding hydrogens is 741 g/mol. The van der Waals surface area contributed by atoms with Gasteiger partial charge in [0.2, 0.25) is 5.75 Å². The largest absolute Gasteiger partial charge is 0.493 e. The van der Waals surface area contributed by atoms with Gasteiger partial charge in [-0.1, -0.05) is 159 Å². The molecule has 0 saturated carbocycles. The van der Waals surface area contributed by atoms with Crippen molar-refractivity contribution in [1.82, 2.24) is 0 Å². The van der Waals surface area contributed by atoms with E-state index in [4.69, 9.17) is 23.7 Å². The Bertz CT molecular complexity index is 1320. The molecule has 0 N–H and O–H groups in total. The summed E-state index contributed by atoms with van der Waals surface area (Å²) in [6.07, 6.45) is 27.7. The van der Waals surface area contributed by atoms with Gasteiger partial charge in [-0.3, -0.25) is 0 Å². The summed E-state index contributed by atoms with van der Waals surface area (Å²) in [4.78, 5) is 0. The van der Waals surface area contributed by atoms with E-state index < -0.39 is 0 Å². The molecule has 0 fully saturated rings. The average Bonchev–Trinajstić information content (AvgIpc) is 3.26. The van der Waals surface area contributed by atoms with Crippen LogP contribution in [0.2, 0.25) is 0 Å². The minimum Gasteiger partial charge on any atom is -0.493 e. The van der Waals surface area contributed by atoms with Crippen LogP contribution in [0.15, 0.2) is 30.3 Å². The van der Waals surface area contributed by atoms with Crippen molar-refractivity contribution < 1.29 is 23.7 Å².